The molecule has 23 heavy (non-hydrogen) atoms. The van der Waals surface area contributed by atoms with Crippen LogP contribution >= 0.6 is 0 Å². The number of aromatic nitrogens is 1. The van der Waals surface area contributed by atoms with Crippen molar-refractivity contribution in [2.24, 2.45) is 0 Å². The van der Waals surface area contributed by atoms with Crippen molar-refractivity contribution in [1.29, 1.82) is 0 Å². The summed E-state index contributed by atoms with van der Waals surface area (Å²) in [5.74, 6) is -0.176. The van der Waals surface area contributed by atoms with E-state index in [0.717, 1.165) is 45.0 Å². The first kappa shape index (κ1) is 15.6. The summed E-state index contributed by atoms with van der Waals surface area (Å²) < 4.78 is 1.94. The van der Waals surface area contributed by atoms with Gasteiger partial charge in [0.15, 0.2) is 5.75 Å². The van der Waals surface area contributed by atoms with Crippen molar-refractivity contribution < 1.29 is 5.11 Å². The second-order valence-corrected chi connectivity index (χ2v) is 5.90. The van der Waals surface area contributed by atoms with E-state index in [2.05, 4.69) is 34.1 Å². The van der Waals surface area contributed by atoms with Gasteiger partial charge in [-0.2, -0.15) is 0 Å². The Morgan fingerprint density at radius 2 is 1.78 bits per heavy atom. The fraction of sp³-hybridized carbons (Fsp3) is 0.389. The van der Waals surface area contributed by atoms with Crippen molar-refractivity contribution in [3.63, 3.8) is 0 Å². The molecule has 5 heteroatoms. The fourth-order valence-electron chi connectivity index (χ4n) is 3.07. The van der Waals surface area contributed by atoms with Gasteiger partial charge in [0.05, 0.1) is 6.20 Å². The first-order valence-corrected chi connectivity index (χ1v) is 8.12. The zero-order chi connectivity index (χ0) is 16.2. The minimum absolute atomic E-state index is 0.176. The lowest BCUT2D eigenvalue weighted by atomic mass is 10.2. The normalized spacial score (nSPS) is 15.8. The van der Waals surface area contributed by atoms with Gasteiger partial charge in [0.25, 0.3) is 0 Å². The number of nitrogens with zero attached hydrogens (tertiary/aromatic N) is 3. The standard InChI is InChI=1S/C18H23N3O2/c1-2-20-14-18(23)17(22)12-16(20)13-19-8-10-21(11-9-19)15-6-4-3-5-7-15/h3-7,12,14,23H,2,8-11,13H2,1H3. The van der Waals surface area contributed by atoms with Crippen LogP contribution in [0.1, 0.15) is 12.6 Å². The van der Waals surface area contributed by atoms with Gasteiger partial charge in [-0.05, 0) is 19.1 Å². The molecule has 0 bridgehead atoms. The Morgan fingerprint density at radius 3 is 2.43 bits per heavy atom. The SMILES string of the molecule is CCn1cc(O)c(=O)cc1CN1CCN(c2ccccc2)CC1. The number of hydrogen-bond acceptors (Lipinski definition) is 4. The molecule has 0 amide bonds. The molecule has 0 radical (unpaired) electrons. The third-order valence-corrected chi connectivity index (χ3v) is 4.42. The summed E-state index contributed by atoms with van der Waals surface area (Å²) in [4.78, 5) is 16.4. The van der Waals surface area contributed by atoms with Crippen LogP contribution in [0.2, 0.25) is 0 Å². The first-order valence-electron chi connectivity index (χ1n) is 8.12. The molecule has 1 N–H and O–H groups in total. The van der Waals surface area contributed by atoms with E-state index in [9.17, 15) is 9.90 Å². The molecule has 0 unspecified atom stereocenters. The number of aryl methyl sites for hydroxylation is 1. The Labute approximate surface area is 136 Å². The summed E-state index contributed by atoms with van der Waals surface area (Å²) >= 11 is 0. The molecule has 0 saturated carbocycles. The molecule has 1 aliphatic heterocycles. The number of piperazine rings is 1. The topological polar surface area (TPSA) is 48.7 Å². The molecule has 0 aliphatic carbocycles. The smallest absolute Gasteiger partial charge is 0.223 e. The van der Waals surface area contributed by atoms with Gasteiger partial charge < -0.3 is 14.6 Å². The zero-order valence-corrected chi connectivity index (χ0v) is 13.5. The first-order chi connectivity index (χ1) is 11.2. The molecule has 2 aromatic rings. The van der Waals surface area contributed by atoms with Gasteiger partial charge in [0.1, 0.15) is 0 Å². The minimum atomic E-state index is -0.298. The molecule has 0 spiro atoms. The van der Waals surface area contributed by atoms with E-state index in [1.807, 2.05) is 17.6 Å². The van der Waals surface area contributed by atoms with Crippen LogP contribution in [0.25, 0.3) is 0 Å². The molecular formula is C18H23N3O2. The van der Waals surface area contributed by atoms with Crippen LogP contribution in [-0.2, 0) is 13.1 Å². The Bertz CT molecular complexity index is 704. The predicted octanol–water partition coefficient (Wildman–Crippen LogP) is 1.90. The van der Waals surface area contributed by atoms with E-state index < -0.39 is 0 Å². The molecule has 5 nitrogen and oxygen atoms in total. The lowest BCUT2D eigenvalue weighted by Gasteiger charge is -2.36. The number of pyridine rings is 1. The summed E-state index contributed by atoms with van der Waals surface area (Å²) in [7, 11) is 0. The molecule has 2 heterocycles. The van der Waals surface area contributed by atoms with E-state index in [-0.39, 0.29) is 11.2 Å². The predicted molar refractivity (Wildman–Crippen MR) is 92.0 cm³/mol. The molecular weight excluding hydrogens is 290 g/mol. The van der Waals surface area contributed by atoms with Gasteiger partial charge in [0.2, 0.25) is 5.43 Å². The monoisotopic (exact) mass is 313 g/mol. The summed E-state index contributed by atoms with van der Waals surface area (Å²) in [5, 5.41) is 9.57. The van der Waals surface area contributed by atoms with Crippen LogP contribution in [0.15, 0.2) is 47.4 Å². The Kier molecular flexibility index (Phi) is 4.67. The average molecular weight is 313 g/mol. The third kappa shape index (κ3) is 3.56. The number of benzene rings is 1. The summed E-state index contributed by atoms with van der Waals surface area (Å²) in [6, 6.07) is 12.0. The highest BCUT2D eigenvalue weighted by Crippen LogP contribution is 2.17. The van der Waals surface area contributed by atoms with E-state index in [1.165, 1.54) is 11.9 Å². The molecule has 1 aromatic heterocycles. The van der Waals surface area contributed by atoms with Gasteiger partial charge >= 0.3 is 0 Å². The zero-order valence-electron chi connectivity index (χ0n) is 13.5. The lowest BCUT2D eigenvalue weighted by Crippen LogP contribution is -2.46. The van der Waals surface area contributed by atoms with Gasteiger partial charge in [0, 0.05) is 56.7 Å². The number of hydrogen-bond donors (Lipinski definition) is 1. The van der Waals surface area contributed by atoms with E-state index in [4.69, 9.17) is 0 Å². The lowest BCUT2D eigenvalue weighted by molar-refractivity contribution is 0.243. The average Bonchev–Trinajstić information content (AvgIpc) is 2.59. The number of anilines is 1. The Morgan fingerprint density at radius 1 is 1.09 bits per heavy atom. The van der Waals surface area contributed by atoms with Gasteiger partial charge in [-0.15, -0.1) is 0 Å². The third-order valence-electron chi connectivity index (χ3n) is 4.42. The maximum Gasteiger partial charge on any atom is 0.223 e. The highest BCUT2D eigenvalue weighted by Gasteiger charge is 2.18. The summed E-state index contributed by atoms with van der Waals surface area (Å²) in [5.41, 5.74) is 1.93. The van der Waals surface area contributed by atoms with Crippen molar-refractivity contribution in [1.82, 2.24) is 9.47 Å². The largest absolute Gasteiger partial charge is 0.503 e. The van der Waals surface area contributed by atoms with E-state index in [0.29, 0.717) is 0 Å². The van der Waals surface area contributed by atoms with Crippen molar-refractivity contribution in [2.45, 2.75) is 20.0 Å². The Hall–Kier alpha value is -2.27. The Balaban J connectivity index is 1.65. The van der Waals surface area contributed by atoms with Crippen molar-refractivity contribution in [3.05, 3.63) is 58.5 Å². The maximum atomic E-state index is 11.7. The van der Waals surface area contributed by atoms with Crippen molar-refractivity contribution in [3.8, 4) is 5.75 Å². The van der Waals surface area contributed by atoms with Crippen molar-refractivity contribution in [2.75, 3.05) is 31.1 Å². The molecule has 1 saturated heterocycles. The second kappa shape index (κ2) is 6.87. The quantitative estimate of drug-likeness (QED) is 0.936. The molecule has 0 atom stereocenters. The van der Waals surface area contributed by atoms with Gasteiger partial charge in [-0.25, -0.2) is 0 Å². The van der Waals surface area contributed by atoms with E-state index >= 15 is 0 Å². The van der Waals surface area contributed by atoms with Crippen LogP contribution in [0.5, 0.6) is 5.75 Å². The number of rotatable bonds is 4. The fourth-order valence-corrected chi connectivity index (χ4v) is 3.07. The van der Waals surface area contributed by atoms with Gasteiger partial charge in [-0.3, -0.25) is 9.69 Å². The van der Waals surface area contributed by atoms with Crippen molar-refractivity contribution >= 4 is 5.69 Å². The molecule has 122 valence electrons. The molecule has 1 aromatic carbocycles. The number of aromatic hydroxyl groups is 1. The van der Waals surface area contributed by atoms with Gasteiger partial charge in [-0.1, -0.05) is 18.2 Å². The maximum absolute atomic E-state index is 11.7. The van der Waals surface area contributed by atoms with E-state index in [1.54, 1.807) is 6.07 Å². The number of para-hydroxylation sites is 1. The highest BCUT2D eigenvalue weighted by atomic mass is 16.3. The van der Waals surface area contributed by atoms with Crippen LogP contribution in [0.4, 0.5) is 5.69 Å². The molecule has 3 rings (SSSR count). The summed E-state index contributed by atoms with van der Waals surface area (Å²) in [6.07, 6.45) is 1.54. The highest BCUT2D eigenvalue weighted by molar-refractivity contribution is 5.46. The molecule has 1 aliphatic rings. The molecule has 1 fully saturated rings. The van der Waals surface area contributed by atoms with Crippen LogP contribution in [0, 0.1) is 0 Å². The minimum Gasteiger partial charge on any atom is -0.503 e. The van der Waals surface area contributed by atoms with Crippen LogP contribution in [-0.4, -0.2) is 40.8 Å². The van der Waals surface area contributed by atoms with Crippen LogP contribution < -0.4 is 10.3 Å². The second-order valence-electron chi connectivity index (χ2n) is 5.90. The van der Waals surface area contributed by atoms with Crippen LogP contribution in [0.3, 0.4) is 0 Å². The summed E-state index contributed by atoms with van der Waals surface area (Å²) in [6.45, 7) is 7.40.